The molecule has 0 aliphatic heterocycles. The van der Waals surface area contributed by atoms with E-state index in [1.165, 1.54) is 6.07 Å². The van der Waals surface area contributed by atoms with Crippen molar-refractivity contribution in [1.82, 2.24) is 0 Å². The van der Waals surface area contributed by atoms with Crippen molar-refractivity contribution in [3.8, 4) is 11.5 Å². The molecule has 0 atom stereocenters. The van der Waals surface area contributed by atoms with E-state index in [-0.39, 0.29) is 12.4 Å². The van der Waals surface area contributed by atoms with Crippen molar-refractivity contribution in [3.05, 3.63) is 58.1 Å². The second kappa shape index (κ2) is 9.22. The van der Waals surface area contributed by atoms with Crippen molar-refractivity contribution in [2.75, 3.05) is 13.2 Å². The van der Waals surface area contributed by atoms with E-state index in [1.54, 1.807) is 24.3 Å². The lowest BCUT2D eigenvalue weighted by molar-refractivity contribution is -0.136. The highest BCUT2D eigenvalue weighted by molar-refractivity contribution is 9.10. The van der Waals surface area contributed by atoms with E-state index < -0.39 is 11.9 Å². The number of rotatable bonds is 7. The zero-order chi connectivity index (χ0) is 18.2. The molecule has 25 heavy (non-hydrogen) atoms. The van der Waals surface area contributed by atoms with Crippen LogP contribution in [0.4, 0.5) is 0 Å². The quantitative estimate of drug-likeness (QED) is 0.506. The molecule has 0 radical (unpaired) electrons. The summed E-state index contributed by atoms with van der Waals surface area (Å²) in [6.45, 7) is 3.96. The van der Waals surface area contributed by atoms with Gasteiger partial charge in [-0.3, -0.25) is 0 Å². The van der Waals surface area contributed by atoms with Crippen LogP contribution in [-0.2, 0) is 9.53 Å². The van der Waals surface area contributed by atoms with Crippen molar-refractivity contribution in [1.29, 1.82) is 0 Å². The number of hydrogen-bond acceptors (Lipinski definition) is 5. The first-order chi connectivity index (χ1) is 12.0. The fourth-order valence-electron chi connectivity index (χ4n) is 1.97. The molecule has 0 N–H and O–H groups in total. The standard InChI is InChI=1S/C19H19BrO5/c1-3-9-23-19(22)14-5-4-6-16(11-14)25-18(21)12-24-15-7-8-17(20)13(2)10-15/h4-8,10-11H,3,9,12H2,1-2H3. The molecule has 5 nitrogen and oxygen atoms in total. The van der Waals surface area contributed by atoms with Crippen LogP contribution in [0.1, 0.15) is 29.3 Å². The Bertz CT molecular complexity index is 757. The van der Waals surface area contributed by atoms with E-state index in [2.05, 4.69) is 15.9 Å². The summed E-state index contributed by atoms with van der Waals surface area (Å²) in [5, 5.41) is 0. The van der Waals surface area contributed by atoms with Crippen LogP contribution in [0.3, 0.4) is 0 Å². The van der Waals surface area contributed by atoms with Gasteiger partial charge in [0.1, 0.15) is 11.5 Å². The summed E-state index contributed by atoms with van der Waals surface area (Å²) >= 11 is 3.40. The van der Waals surface area contributed by atoms with Gasteiger partial charge in [0.25, 0.3) is 0 Å². The highest BCUT2D eigenvalue weighted by atomic mass is 79.9. The third-order valence-electron chi connectivity index (χ3n) is 3.22. The average Bonchev–Trinajstić information content (AvgIpc) is 2.61. The summed E-state index contributed by atoms with van der Waals surface area (Å²) in [6.07, 6.45) is 0.743. The average molecular weight is 407 g/mol. The Morgan fingerprint density at radius 2 is 1.88 bits per heavy atom. The Morgan fingerprint density at radius 1 is 1.08 bits per heavy atom. The number of halogens is 1. The largest absolute Gasteiger partial charge is 0.482 e. The smallest absolute Gasteiger partial charge is 0.349 e. The van der Waals surface area contributed by atoms with E-state index in [0.717, 1.165) is 16.5 Å². The number of ether oxygens (including phenoxy) is 3. The van der Waals surface area contributed by atoms with Gasteiger partial charge in [-0.2, -0.15) is 0 Å². The van der Waals surface area contributed by atoms with E-state index in [4.69, 9.17) is 14.2 Å². The van der Waals surface area contributed by atoms with Crippen molar-refractivity contribution >= 4 is 27.9 Å². The van der Waals surface area contributed by atoms with Gasteiger partial charge in [0.15, 0.2) is 6.61 Å². The molecule has 0 aromatic heterocycles. The highest BCUT2D eigenvalue weighted by Gasteiger charge is 2.11. The van der Waals surface area contributed by atoms with Crippen molar-refractivity contribution < 1.29 is 23.8 Å². The molecule has 0 aliphatic rings. The minimum Gasteiger partial charge on any atom is -0.482 e. The highest BCUT2D eigenvalue weighted by Crippen LogP contribution is 2.21. The number of benzene rings is 2. The minimum atomic E-state index is -0.556. The van der Waals surface area contributed by atoms with Gasteiger partial charge in [0.05, 0.1) is 12.2 Å². The summed E-state index contributed by atoms with van der Waals surface area (Å²) in [7, 11) is 0. The van der Waals surface area contributed by atoms with Crippen LogP contribution < -0.4 is 9.47 Å². The number of esters is 2. The molecule has 2 aromatic rings. The Balaban J connectivity index is 1.91. The number of aryl methyl sites for hydroxylation is 1. The third-order valence-corrected chi connectivity index (χ3v) is 4.11. The van der Waals surface area contributed by atoms with Crippen LogP contribution in [0.5, 0.6) is 11.5 Å². The topological polar surface area (TPSA) is 61.8 Å². The number of hydrogen-bond donors (Lipinski definition) is 0. The van der Waals surface area contributed by atoms with Crippen molar-refractivity contribution in [2.45, 2.75) is 20.3 Å². The number of carbonyl (C=O) groups is 2. The van der Waals surface area contributed by atoms with Crippen LogP contribution in [0.2, 0.25) is 0 Å². The SMILES string of the molecule is CCCOC(=O)c1cccc(OC(=O)COc2ccc(Br)c(C)c2)c1. The predicted molar refractivity (Wildman–Crippen MR) is 97.0 cm³/mol. The molecule has 2 aromatic carbocycles. The summed E-state index contributed by atoms with van der Waals surface area (Å²) in [5.74, 6) is -0.151. The molecular formula is C19H19BrO5. The number of carbonyl (C=O) groups excluding carboxylic acids is 2. The van der Waals surface area contributed by atoms with E-state index >= 15 is 0 Å². The molecule has 0 saturated carbocycles. The first kappa shape index (κ1) is 19.0. The normalized spacial score (nSPS) is 10.2. The lowest BCUT2D eigenvalue weighted by atomic mass is 10.2. The van der Waals surface area contributed by atoms with Gasteiger partial charge in [-0.1, -0.05) is 28.9 Å². The second-order valence-electron chi connectivity index (χ2n) is 5.34. The van der Waals surface area contributed by atoms with Crippen LogP contribution in [-0.4, -0.2) is 25.2 Å². The van der Waals surface area contributed by atoms with Crippen molar-refractivity contribution in [3.63, 3.8) is 0 Å². The first-order valence-corrected chi connectivity index (χ1v) is 8.65. The summed E-state index contributed by atoms with van der Waals surface area (Å²) in [6, 6.07) is 11.7. The molecular weight excluding hydrogens is 388 g/mol. The Kier molecular flexibility index (Phi) is 7.01. The van der Waals surface area contributed by atoms with Gasteiger partial charge >= 0.3 is 11.9 Å². The molecule has 0 heterocycles. The molecule has 0 unspecified atom stereocenters. The van der Waals surface area contributed by atoms with Gasteiger partial charge in [-0.25, -0.2) is 9.59 Å². The van der Waals surface area contributed by atoms with Crippen molar-refractivity contribution in [2.24, 2.45) is 0 Å². The van der Waals surface area contributed by atoms with Gasteiger partial charge in [-0.15, -0.1) is 0 Å². The zero-order valence-electron chi connectivity index (χ0n) is 14.1. The van der Waals surface area contributed by atoms with Gasteiger partial charge in [0.2, 0.25) is 0 Å². The summed E-state index contributed by atoms with van der Waals surface area (Å²) < 4.78 is 16.6. The third kappa shape index (κ3) is 5.90. The molecule has 0 fully saturated rings. The maximum Gasteiger partial charge on any atom is 0.349 e. The molecule has 0 saturated heterocycles. The summed E-state index contributed by atoms with van der Waals surface area (Å²) in [5.41, 5.74) is 1.34. The van der Waals surface area contributed by atoms with E-state index in [1.807, 2.05) is 26.0 Å². The predicted octanol–water partition coefficient (Wildman–Crippen LogP) is 4.31. The van der Waals surface area contributed by atoms with Crippen LogP contribution in [0.25, 0.3) is 0 Å². The Morgan fingerprint density at radius 3 is 2.60 bits per heavy atom. The lowest BCUT2D eigenvalue weighted by Crippen LogP contribution is -2.18. The van der Waals surface area contributed by atoms with Gasteiger partial charge in [0, 0.05) is 4.47 Å². The van der Waals surface area contributed by atoms with E-state index in [0.29, 0.717) is 17.9 Å². The molecule has 132 valence electrons. The first-order valence-electron chi connectivity index (χ1n) is 7.86. The lowest BCUT2D eigenvalue weighted by Gasteiger charge is -2.09. The summed E-state index contributed by atoms with van der Waals surface area (Å²) in [4.78, 5) is 23.7. The minimum absolute atomic E-state index is 0.231. The second-order valence-corrected chi connectivity index (χ2v) is 6.19. The molecule has 6 heteroatoms. The zero-order valence-corrected chi connectivity index (χ0v) is 15.7. The molecule has 0 amide bonds. The molecule has 0 bridgehead atoms. The van der Waals surface area contributed by atoms with Crippen LogP contribution in [0, 0.1) is 6.92 Å². The monoisotopic (exact) mass is 406 g/mol. The Labute approximate surface area is 155 Å². The van der Waals surface area contributed by atoms with Crippen LogP contribution in [0.15, 0.2) is 46.9 Å². The van der Waals surface area contributed by atoms with E-state index in [9.17, 15) is 9.59 Å². The maximum atomic E-state index is 11.9. The molecule has 2 rings (SSSR count). The molecule has 0 aliphatic carbocycles. The fraction of sp³-hybridized carbons (Fsp3) is 0.263. The molecule has 0 spiro atoms. The van der Waals surface area contributed by atoms with Gasteiger partial charge < -0.3 is 14.2 Å². The maximum absolute atomic E-state index is 11.9. The van der Waals surface area contributed by atoms with Crippen LogP contribution >= 0.6 is 15.9 Å². The Hall–Kier alpha value is -2.34. The van der Waals surface area contributed by atoms with Gasteiger partial charge in [-0.05, 0) is 55.3 Å². The fourth-order valence-corrected chi connectivity index (χ4v) is 2.22.